The van der Waals surface area contributed by atoms with Crippen LogP contribution < -0.4 is 5.32 Å². The van der Waals surface area contributed by atoms with Crippen LogP contribution in [0.3, 0.4) is 0 Å². The molecule has 148 valence electrons. The summed E-state index contributed by atoms with van der Waals surface area (Å²) in [6.07, 6.45) is -0.0625. The first-order chi connectivity index (χ1) is 12.8. The quantitative estimate of drug-likeness (QED) is 0.878. The van der Waals surface area contributed by atoms with E-state index in [1.807, 2.05) is 51.1 Å². The standard InChI is InChI=1S/C20H28N2O5/c1-19(2,3)27-17(23)21-16-11-22(13-20(16)9-10-25-14-20)18(24)26-12-15-7-5-4-6-8-15/h4-8,16H,9-14H2,1-3H3,(H,21,23). The van der Waals surface area contributed by atoms with Crippen LogP contribution in [0.15, 0.2) is 30.3 Å². The van der Waals surface area contributed by atoms with E-state index in [4.69, 9.17) is 14.2 Å². The van der Waals surface area contributed by atoms with Crippen molar-refractivity contribution in [3.63, 3.8) is 0 Å². The summed E-state index contributed by atoms with van der Waals surface area (Å²) in [4.78, 5) is 26.4. The molecule has 2 saturated heterocycles. The van der Waals surface area contributed by atoms with E-state index in [-0.39, 0.29) is 24.2 Å². The number of alkyl carbamates (subject to hydrolysis) is 1. The van der Waals surface area contributed by atoms with Crippen molar-refractivity contribution < 1.29 is 23.8 Å². The van der Waals surface area contributed by atoms with Crippen molar-refractivity contribution in [2.45, 2.75) is 45.4 Å². The number of benzene rings is 1. The van der Waals surface area contributed by atoms with Gasteiger partial charge >= 0.3 is 12.2 Å². The molecule has 0 bridgehead atoms. The van der Waals surface area contributed by atoms with Gasteiger partial charge in [-0.1, -0.05) is 30.3 Å². The Morgan fingerprint density at radius 3 is 2.67 bits per heavy atom. The Hall–Kier alpha value is -2.28. The third-order valence-electron chi connectivity index (χ3n) is 4.94. The van der Waals surface area contributed by atoms with E-state index in [1.165, 1.54) is 0 Å². The summed E-state index contributed by atoms with van der Waals surface area (Å²) in [6, 6.07) is 9.34. The van der Waals surface area contributed by atoms with E-state index < -0.39 is 11.7 Å². The normalized spacial score (nSPS) is 24.9. The van der Waals surface area contributed by atoms with Gasteiger partial charge in [-0.2, -0.15) is 0 Å². The second-order valence-electron chi connectivity index (χ2n) is 8.28. The van der Waals surface area contributed by atoms with Gasteiger partial charge < -0.3 is 24.4 Å². The molecule has 2 unspecified atom stereocenters. The van der Waals surface area contributed by atoms with Crippen LogP contribution >= 0.6 is 0 Å². The van der Waals surface area contributed by atoms with Gasteiger partial charge in [0, 0.05) is 25.1 Å². The molecule has 0 aliphatic carbocycles. The van der Waals surface area contributed by atoms with Crippen molar-refractivity contribution in [1.82, 2.24) is 10.2 Å². The minimum absolute atomic E-state index is 0.223. The zero-order chi connectivity index (χ0) is 19.5. The fraction of sp³-hybridized carbons (Fsp3) is 0.600. The first-order valence-electron chi connectivity index (χ1n) is 9.30. The van der Waals surface area contributed by atoms with E-state index in [9.17, 15) is 9.59 Å². The zero-order valence-electron chi connectivity index (χ0n) is 16.2. The first kappa shape index (κ1) is 19.5. The minimum Gasteiger partial charge on any atom is -0.445 e. The topological polar surface area (TPSA) is 77.1 Å². The molecule has 0 saturated carbocycles. The van der Waals surface area contributed by atoms with Gasteiger partial charge in [0.25, 0.3) is 0 Å². The van der Waals surface area contributed by atoms with Gasteiger partial charge in [-0.05, 0) is 32.8 Å². The summed E-state index contributed by atoms with van der Waals surface area (Å²) >= 11 is 0. The molecule has 1 spiro atoms. The number of likely N-dealkylation sites (tertiary alicyclic amines) is 1. The van der Waals surface area contributed by atoms with Gasteiger partial charge in [0.15, 0.2) is 0 Å². The Bertz CT molecular complexity index is 665. The predicted molar refractivity (Wildman–Crippen MR) is 99.2 cm³/mol. The lowest BCUT2D eigenvalue weighted by molar-refractivity contribution is 0.0461. The van der Waals surface area contributed by atoms with Crippen molar-refractivity contribution >= 4 is 12.2 Å². The van der Waals surface area contributed by atoms with Crippen molar-refractivity contribution in [1.29, 1.82) is 0 Å². The van der Waals surface area contributed by atoms with E-state index in [1.54, 1.807) is 4.90 Å². The number of hydrogen-bond donors (Lipinski definition) is 1. The molecule has 7 nitrogen and oxygen atoms in total. The molecule has 2 atom stereocenters. The second kappa shape index (κ2) is 7.76. The molecule has 0 aromatic heterocycles. The van der Waals surface area contributed by atoms with Crippen LogP contribution in [0.5, 0.6) is 0 Å². The molecule has 27 heavy (non-hydrogen) atoms. The van der Waals surface area contributed by atoms with E-state index in [0.29, 0.717) is 26.3 Å². The number of nitrogens with one attached hydrogen (secondary N) is 1. The van der Waals surface area contributed by atoms with Crippen LogP contribution in [0.2, 0.25) is 0 Å². The number of amides is 2. The highest BCUT2D eigenvalue weighted by Gasteiger charge is 2.51. The van der Waals surface area contributed by atoms with Crippen molar-refractivity contribution in [3.8, 4) is 0 Å². The van der Waals surface area contributed by atoms with Crippen molar-refractivity contribution in [2.24, 2.45) is 5.41 Å². The molecule has 7 heteroatoms. The summed E-state index contributed by atoms with van der Waals surface area (Å²) in [7, 11) is 0. The molecule has 2 aliphatic heterocycles. The third-order valence-corrected chi connectivity index (χ3v) is 4.94. The monoisotopic (exact) mass is 376 g/mol. The molecule has 1 aromatic rings. The summed E-state index contributed by atoms with van der Waals surface area (Å²) in [5.41, 5.74) is 0.0753. The summed E-state index contributed by atoms with van der Waals surface area (Å²) < 4.78 is 16.4. The van der Waals surface area contributed by atoms with Gasteiger partial charge in [0.05, 0.1) is 12.6 Å². The first-order valence-corrected chi connectivity index (χ1v) is 9.30. The van der Waals surface area contributed by atoms with Crippen LogP contribution in [-0.4, -0.2) is 55.0 Å². The highest BCUT2D eigenvalue weighted by atomic mass is 16.6. The molecule has 2 fully saturated rings. The Kier molecular flexibility index (Phi) is 5.60. The lowest BCUT2D eigenvalue weighted by Gasteiger charge is -2.29. The Labute approximate surface area is 160 Å². The van der Waals surface area contributed by atoms with Crippen LogP contribution in [0.25, 0.3) is 0 Å². The van der Waals surface area contributed by atoms with Crippen molar-refractivity contribution in [2.75, 3.05) is 26.3 Å². The molecular formula is C20H28N2O5. The zero-order valence-corrected chi connectivity index (χ0v) is 16.2. The average molecular weight is 376 g/mol. The largest absolute Gasteiger partial charge is 0.445 e. The molecule has 2 amide bonds. The predicted octanol–water partition coefficient (Wildman–Crippen LogP) is 2.94. The fourth-order valence-electron chi connectivity index (χ4n) is 3.59. The third kappa shape index (κ3) is 4.91. The molecule has 0 radical (unpaired) electrons. The maximum absolute atomic E-state index is 12.5. The Balaban J connectivity index is 1.61. The molecule has 1 aromatic carbocycles. The van der Waals surface area contributed by atoms with Crippen LogP contribution in [0, 0.1) is 5.41 Å². The Morgan fingerprint density at radius 1 is 1.30 bits per heavy atom. The number of carbonyl (C=O) groups is 2. The highest BCUT2D eigenvalue weighted by Crippen LogP contribution is 2.39. The van der Waals surface area contributed by atoms with Crippen LogP contribution in [0.1, 0.15) is 32.8 Å². The van der Waals surface area contributed by atoms with Crippen LogP contribution in [-0.2, 0) is 20.8 Å². The summed E-state index contributed by atoms with van der Waals surface area (Å²) in [6.45, 7) is 7.71. The van der Waals surface area contributed by atoms with Crippen molar-refractivity contribution in [3.05, 3.63) is 35.9 Å². The fourth-order valence-corrected chi connectivity index (χ4v) is 3.59. The number of carbonyl (C=O) groups excluding carboxylic acids is 2. The lowest BCUT2D eigenvalue weighted by atomic mass is 9.82. The second-order valence-corrected chi connectivity index (χ2v) is 8.28. The van der Waals surface area contributed by atoms with E-state index in [0.717, 1.165) is 12.0 Å². The summed E-state index contributed by atoms with van der Waals surface area (Å²) in [5, 5.41) is 2.94. The lowest BCUT2D eigenvalue weighted by Crippen LogP contribution is -2.49. The summed E-state index contributed by atoms with van der Waals surface area (Å²) in [5.74, 6) is 0. The number of rotatable bonds is 3. The van der Waals surface area contributed by atoms with E-state index >= 15 is 0 Å². The SMILES string of the molecule is CC(C)(C)OC(=O)NC1CN(C(=O)OCc2ccccc2)CC12CCOC2. The van der Waals surface area contributed by atoms with Gasteiger partial charge in [0.2, 0.25) is 0 Å². The number of ether oxygens (including phenoxy) is 3. The number of nitrogens with zero attached hydrogens (tertiary/aromatic N) is 1. The smallest absolute Gasteiger partial charge is 0.410 e. The van der Waals surface area contributed by atoms with Gasteiger partial charge in [-0.25, -0.2) is 9.59 Å². The van der Waals surface area contributed by atoms with Crippen LogP contribution in [0.4, 0.5) is 9.59 Å². The highest BCUT2D eigenvalue weighted by molar-refractivity contribution is 5.70. The number of hydrogen-bond acceptors (Lipinski definition) is 5. The molecule has 1 N–H and O–H groups in total. The van der Waals surface area contributed by atoms with Gasteiger partial charge in [0.1, 0.15) is 12.2 Å². The molecule has 2 aliphatic rings. The maximum atomic E-state index is 12.5. The maximum Gasteiger partial charge on any atom is 0.410 e. The minimum atomic E-state index is -0.573. The average Bonchev–Trinajstić information content (AvgIpc) is 3.20. The molecular weight excluding hydrogens is 348 g/mol. The van der Waals surface area contributed by atoms with E-state index in [2.05, 4.69) is 5.32 Å². The van der Waals surface area contributed by atoms with Gasteiger partial charge in [-0.3, -0.25) is 0 Å². The van der Waals surface area contributed by atoms with Gasteiger partial charge in [-0.15, -0.1) is 0 Å². The molecule has 3 rings (SSSR count). The molecule has 2 heterocycles. The Morgan fingerprint density at radius 2 is 2.04 bits per heavy atom.